The number of aliphatic hydroxyl groups is 2. The Morgan fingerprint density at radius 2 is 1.93 bits per heavy atom. The highest BCUT2D eigenvalue weighted by molar-refractivity contribution is 5.91. The van der Waals surface area contributed by atoms with Gasteiger partial charge in [-0.2, -0.15) is 4.98 Å². The van der Waals surface area contributed by atoms with E-state index in [1.807, 2.05) is 30.1 Å². The molecule has 0 aliphatic carbocycles. The first-order valence-corrected chi connectivity index (χ1v) is 9.72. The smallest absolute Gasteiger partial charge is 0.228 e. The number of pyridine rings is 1. The molecule has 0 unspecified atom stereocenters. The number of hydrogen-bond donors (Lipinski definition) is 3. The number of nitrogens with one attached hydrogen (secondary N) is 1. The number of imidazole rings is 1. The number of nitrogens with zero attached hydrogens (tertiary/aromatic N) is 6. The Labute approximate surface area is 167 Å². The number of rotatable bonds is 4. The van der Waals surface area contributed by atoms with Gasteiger partial charge in [-0.25, -0.2) is 15.0 Å². The number of aryl methyl sites for hydroxylation is 1. The summed E-state index contributed by atoms with van der Waals surface area (Å²) in [6.07, 6.45) is 6.82. The van der Waals surface area contributed by atoms with E-state index in [-0.39, 0.29) is 13.2 Å². The average Bonchev–Trinajstić information content (AvgIpc) is 3.39. The number of fused-ring (bicyclic) bond motifs is 2. The second kappa shape index (κ2) is 6.78. The monoisotopic (exact) mass is 393 g/mol. The molecule has 0 bridgehead atoms. The number of aromatic amines is 1. The molecule has 5 rings (SSSR count). The first-order chi connectivity index (χ1) is 14.1. The van der Waals surface area contributed by atoms with Gasteiger partial charge < -0.3 is 24.7 Å². The highest BCUT2D eigenvalue weighted by Gasteiger charge is 2.34. The molecule has 1 aliphatic heterocycles. The van der Waals surface area contributed by atoms with Crippen molar-refractivity contribution in [2.45, 2.75) is 12.8 Å². The van der Waals surface area contributed by atoms with Crippen LogP contribution in [0.3, 0.4) is 0 Å². The third-order valence-electron chi connectivity index (χ3n) is 6.03. The van der Waals surface area contributed by atoms with Crippen LogP contribution >= 0.6 is 0 Å². The number of hydrogen-bond acceptors (Lipinski definition) is 7. The van der Waals surface area contributed by atoms with Crippen LogP contribution < -0.4 is 4.90 Å². The number of aliphatic hydroxyl groups excluding tert-OH is 2. The lowest BCUT2D eigenvalue weighted by molar-refractivity contribution is 0.0338. The van der Waals surface area contributed by atoms with Crippen LogP contribution in [0.2, 0.25) is 0 Å². The van der Waals surface area contributed by atoms with E-state index in [1.54, 1.807) is 6.33 Å². The minimum atomic E-state index is -0.419. The van der Waals surface area contributed by atoms with Gasteiger partial charge in [0.1, 0.15) is 16.9 Å². The molecule has 3 N–H and O–H groups in total. The summed E-state index contributed by atoms with van der Waals surface area (Å²) in [6, 6.07) is 4.11. The normalized spacial score (nSPS) is 16.7. The Kier molecular flexibility index (Phi) is 4.21. The molecule has 5 heterocycles. The second-order valence-corrected chi connectivity index (χ2v) is 7.84. The summed E-state index contributed by atoms with van der Waals surface area (Å²) >= 11 is 0. The standard InChI is InChI=1S/C20H23N7O2/c1-26-5-2-13-8-14(9-21-18(13)26)15-16-17(23-12-22-16)25-19(24-15)27-6-3-20(10-28,11-29)4-7-27/h2,5,8-9,12,28-29H,3-4,6-7,10-11H2,1H3,(H,22,23,24,25). The lowest BCUT2D eigenvalue weighted by atomic mass is 9.80. The topological polar surface area (TPSA) is 116 Å². The summed E-state index contributed by atoms with van der Waals surface area (Å²) in [4.78, 5) is 23.7. The van der Waals surface area contributed by atoms with Gasteiger partial charge in [-0.1, -0.05) is 0 Å². The molecule has 0 atom stereocenters. The van der Waals surface area contributed by atoms with Gasteiger partial charge in [0, 0.05) is 48.9 Å². The molecule has 9 heteroatoms. The molecule has 1 saturated heterocycles. The van der Waals surface area contributed by atoms with Crippen LogP contribution in [0.15, 0.2) is 30.9 Å². The lowest BCUT2D eigenvalue weighted by Crippen LogP contribution is -2.44. The van der Waals surface area contributed by atoms with Gasteiger partial charge in [-0.15, -0.1) is 0 Å². The minimum absolute atomic E-state index is 0.00932. The molecule has 0 radical (unpaired) electrons. The van der Waals surface area contributed by atoms with Crippen LogP contribution in [0.1, 0.15) is 12.8 Å². The molecule has 29 heavy (non-hydrogen) atoms. The average molecular weight is 393 g/mol. The van der Waals surface area contributed by atoms with E-state index in [4.69, 9.17) is 4.98 Å². The maximum Gasteiger partial charge on any atom is 0.228 e. The van der Waals surface area contributed by atoms with E-state index < -0.39 is 5.41 Å². The van der Waals surface area contributed by atoms with Crippen molar-refractivity contribution in [3.63, 3.8) is 0 Å². The summed E-state index contributed by atoms with van der Waals surface area (Å²) < 4.78 is 1.98. The summed E-state index contributed by atoms with van der Waals surface area (Å²) in [5.74, 6) is 0.609. The SMILES string of the molecule is Cn1ccc2cc(-c3nc(N4CCC(CO)(CO)CC4)nc4nc[nH]c34)cnc21. The molecule has 0 aromatic carbocycles. The van der Waals surface area contributed by atoms with E-state index in [2.05, 4.69) is 30.9 Å². The lowest BCUT2D eigenvalue weighted by Gasteiger charge is -2.39. The van der Waals surface area contributed by atoms with Crippen molar-refractivity contribution < 1.29 is 10.2 Å². The fourth-order valence-corrected chi connectivity index (χ4v) is 4.00. The molecular weight excluding hydrogens is 370 g/mol. The minimum Gasteiger partial charge on any atom is -0.396 e. The number of piperidine rings is 1. The Bertz CT molecular complexity index is 1170. The van der Waals surface area contributed by atoms with Crippen molar-refractivity contribution in [1.82, 2.24) is 29.5 Å². The van der Waals surface area contributed by atoms with Crippen LogP contribution in [0.5, 0.6) is 0 Å². The van der Waals surface area contributed by atoms with Crippen molar-refractivity contribution in [1.29, 1.82) is 0 Å². The Balaban J connectivity index is 1.55. The molecule has 1 aliphatic rings. The second-order valence-electron chi connectivity index (χ2n) is 7.84. The van der Waals surface area contributed by atoms with E-state index in [9.17, 15) is 10.2 Å². The van der Waals surface area contributed by atoms with Crippen molar-refractivity contribution >= 4 is 28.1 Å². The molecule has 0 spiro atoms. The predicted octanol–water partition coefficient (Wildman–Crippen LogP) is 1.48. The molecule has 1 fully saturated rings. The summed E-state index contributed by atoms with van der Waals surface area (Å²) in [7, 11) is 1.97. The van der Waals surface area contributed by atoms with Gasteiger partial charge in [-0.3, -0.25) is 0 Å². The molecule has 0 amide bonds. The van der Waals surface area contributed by atoms with E-state index in [1.165, 1.54) is 0 Å². The molecule has 9 nitrogen and oxygen atoms in total. The van der Waals surface area contributed by atoms with Gasteiger partial charge in [0.15, 0.2) is 5.65 Å². The van der Waals surface area contributed by atoms with Gasteiger partial charge in [0.25, 0.3) is 0 Å². The van der Waals surface area contributed by atoms with Crippen LogP contribution in [0.25, 0.3) is 33.5 Å². The fourth-order valence-electron chi connectivity index (χ4n) is 4.00. The Morgan fingerprint density at radius 1 is 1.14 bits per heavy atom. The van der Waals surface area contributed by atoms with E-state index >= 15 is 0 Å². The first-order valence-electron chi connectivity index (χ1n) is 9.72. The van der Waals surface area contributed by atoms with Crippen molar-refractivity contribution in [2.24, 2.45) is 12.5 Å². The number of aromatic nitrogens is 6. The van der Waals surface area contributed by atoms with Crippen molar-refractivity contribution in [2.75, 3.05) is 31.2 Å². The first kappa shape index (κ1) is 18.0. The fraction of sp³-hybridized carbons (Fsp3) is 0.400. The molecule has 0 saturated carbocycles. The maximum absolute atomic E-state index is 9.66. The van der Waals surface area contributed by atoms with Gasteiger partial charge >= 0.3 is 0 Å². The largest absolute Gasteiger partial charge is 0.396 e. The van der Waals surface area contributed by atoms with Gasteiger partial charge in [0.2, 0.25) is 5.95 Å². The van der Waals surface area contributed by atoms with Crippen molar-refractivity contribution in [3.05, 3.63) is 30.9 Å². The quantitative estimate of drug-likeness (QED) is 0.481. The molecule has 4 aromatic heterocycles. The maximum atomic E-state index is 9.66. The van der Waals surface area contributed by atoms with Crippen LogP contribution in [0.4, 0.5) is 5.95 Å². The zero-order chi connectivity index (χ0) is 20.0. The summed E-state index contributed by atoms with van der Waals surface area (Å²) in [6.45, 7) is 1.33. The Morgan fingerprint density at radius 3 is 2.69 bits per heavy atom. The summed E-state index contributed by atoms with van der Waals surface area (Å²) in [5.41, 5.74) is 3.56. The molecule has 150 valence electrons. The molecule has 4 aromatic rings. The van der Waals surface area contributed by atoms with Crippen LogP contribution in [-0.2, 0) is 7.05 Å². The summed E-state index contributed by atoms with van der Waals surface area (Å²) in [5, 5.41) is 20.4. The van der Waals surface area contributed by atoms with E-state index in [0.717, 1.165) is 27.8 Å². The predicted molar refractivity (Wildman–Crippen MR) is 109 cm³/mol. The Hall–Kier alpha value is -3.04. The van der Waals surface area contributed by atoms with Gasteiger partial charge in [-0.05, 0) is 25.0 Å². The third-order valence-corrected chi connectivity index (χ3v) is 6.03. The number of anilines is 1. The van der Waals surface area contributed by atoms with Crippen LogP contribution in [-0.4, -0.2) is 66.0 Å². The number of H-pyrrole nitrogens is 1. The van der Waals surface area contributed by atoms with Crippen LogP contribution in [0, 0.1) is 5.41 Å². The molecular formula is C20H23N7O2. The zero-order valence-corrected chi connectivity index (χ0v) is 16.2. The zero-order valence-electron chi connectivity index (χ0n) is 16.2. The van der Waals surface area contributed by atoms with E-state index in [0.29, 0.717) is 37.5 Å². The highest BCUT2D eigenvalue weighted by atomic mass is 16.3. The van der Waals surface area contributed by atoms with Crippen molar-refractivity contribution in [3.8, 4) is 11.3 Å². The third kappa shape index (κ3) is 2.93. The van der Waals surface area contributed by atoms with Gasteiger partial charge in [0.05, 0.1) is 19.5 Å². The highest BCUT2D eigenvalue weighted by Crippen LogP contribution is 2.33.